The van der Waals surface area contributed by atoms with Gasteiger partial charge >= 0.3 is 12.1 Å². The van der Waals surface area contributed by atoms with E-state index in [1.54, 1.807) is 6.92 Å². The molecule has 0 aromatic rings. The molecule has 0 aliphatic heterocycles. The molecule has 0 aromatic carbocycles. The standard InChI is InChI=1S/C12H19NO4/c1-4-17-12(15)13-10-6-5-8(2)7-9(10)11(14)16-3/h5-6,8-10H,4,7H2,1-3H3,(H,13,15). The van der Waals surface area contributed by atoms with Crippen LogP contribution < -0.4 is 5.32 Å². The first-order valence-electron chi connectivity index (χ1n) is 5.78. The molecule has 1 rings (SSSR count). The first-order chi connectivity index (χ1) is 8.08. The van der Waals surface area contributed by atoms with Gasteiger partial charge in [-0.25, -0.2) is 4.79 Å². The minimum Gasteiger partial charge on any atom is -0.469 e. The number of ether oxygens (including phenoxy) is 2. The quantitative estimate of drug-likeness (QED) is 0.600. The van der Waals surface area contributed by atoms with Crippen molar-refractivity contribution in [2.75, 3.05) is 13.7 Å². The molecule has 0 heterocycles. The lowest BCUT2D eigenvalue weighted by Crippen LogP contribution is -2.44. The summed E-state index contributed by atoms with van der Waals surface area (Å²) in [5, 5.41) is 2.66. The van der Waals surface area contributed by atoms with Crippen molar-refractivity contribution >= 4 is 12.1 Å². The first-order valence-corrected chi connectivity index (χ1v) is 5.78. The minimum absolute atomic E-state index is 0.303. The summed E-state index contributed by atoms with van der Waals surface area (Å²) in [6, 6.07) is -0.349. The van der Waals surface area contributed by atoms with E-state index in [1.165, 1.54) is 7.11 Å². The topological polar surface area (TPSA) is 64.6 Å². The summed E-state index contributed by atoms with van der Waals surface area (Å²) in [5.41, 5.74) is 0. The fourth-order valence-corrected chi connectivity index (χ4v) is 1.92. The summed E-state index contributed by atoms with van der Waals surface area (Å²) in [5.74, 6) is -0.341. The van der Waals surface area contributed by atoms with Gasteiger partial charge in [0.2, 0.25) is 0 Å². The molecule has 1 aliphatic rings. The molecule has 0 saturated carbocycles. The molecule has 5 nitrogen and oxygen atoms in total. The number of amides is 1. The molecule has 3 unspecified atom stereocenters. The molecule has 0 saturated heterocycles. The third kappa shape index (κ3) is 3.76. The molecule has 3 atom stereocenters. The number of carbonyl (C=O) groups excluding carboxylic acids is 2. The van der Waals surface area contributed by atoms with E-state index in [0.717, 1.165) is 0 Å². The van der Waals surface area contributed by atoms with Crippen LogP contribution in [-0.2, 0) is 14.3 Å². The average Bonchev–Trinajstić information content (AvgIpc) is 2.30. The normalized spacial score (nSPS) is 27.4. The average molecular weight is 241 g/mol. The molecule has 0 spiro atoms. The Bertz CT molecular complexity index is 314. The van der Waals surface area contributed by atoms with E-state index in [4.69, 9.17) is 9.47 Å². The zero-order valence-corrected chi connectivity index (χ0v) is 10.4. The highest BCUT2D eigenvalue weighted by atomic mass is 16.5. The van der Waals surface area contributed by atoms with Crippen molar-refractivity contribution < 1.29 is 19.1 Å². The van der Waals surface area contributed by atoms with Crippen LogP contribution in [0.3, 0.4) is 0 Å². The summed E-state index contributed by atoms with van der Waals surface area (Å²) < 4.78 is 9.54. The number of rotatable bonds is 3. The third-order valence-corrected chi connectivity index (χ3v) is 2.77. The highest BCUT2D eigenvalue weighted by molar-refractivity contribution is 5.76. The molecule has 96 valence electrons. The number of hydrogen-bond donors (Lipinski definition) is 1. The molecule has 1 amide bonds. The Kier molecular flexibility index (Phi) is 5.00. The van der Waals surface area contributed by atoms with Crippen LogP contribution in [0.2, 0.25) is 0 Å². The summed E-state index contributed by atoms with van der Waals surface area (Å²) in [6.45, 7) is 4.06. The van der Waals surface area contributed by atoms with Crippen LogP contribution in [0.25, 0.3) is 0 Å². The van der Waals surface area contributed by atoms with Crippen molar-refractivity contribution in [3.63, 3.8) is 0 Å². The molecular weight excluding hydrogens is 222 g/mol. The predicted molar refractivity (Wildman–Crippen MR) is 62.4 cm³/mol. The molecule has 0 bridgehead atoms. The molecule has 1 aliphatic carbocycles. The number of methoxy groups -OCH3 is 1. The van der Waals surface area contributed by atoms with Gasteiger partial charge in [0.15, 0.2) is 0 Å². The Balaban J connectivity index is 2.68. The van der Waals surface area contributed by atoms with E-state index in [2.05, 4.69) is 5.32 Å². The maximum atomic E-state index is 11.6. The fraction of sp³-hybridized carbons (Fsp3) is 0.667. The van der Waals surface area contributed by atoms with Gasteiger partial charge < -0.3 is 14.8 Å². The van der Waals surface area contributed by atoms with Crippen LogP contribution in [0, 0.1) is 11.8 Å². The number of carbonyl (C=O) groups is 2. The van der Waals surface area contributed by atoms with E-state index < -0.39 is 6.09 Å². The van der Waals surface area contributed by atoms with Crippen molar-refractivity contribution in [2.24, 2.45) is 11.8 Å². The highest BCUT2D eigenvalue weighted by Crippen LogP contribution is 2.24. The summed E-state index contributed by atoms with van der Waals surface area (Å²) in [6.07, 6.45) is 3.97. The number of hydrogen-bond acceptors (Lipinski definition) is 4. The largest absolute Gasteiger partial charge is 0.469 e. The molecule has 17 heavy (non-hydrogen) atoms. The maximum Gasteiger partial charge on any atom is 0.407 e. The van der Waals surface area contributed by atoms with Gasteiger partial charge in [-0.1, -0.05) is 19.1 Å². The smallest absolute Gasteiger partial charge is 0.407 e. The van der Waals surface area contributed by atoms with Crippen molar-refractivity contribution in [2.45, 2.75) is 26.3 Å². The van der Waals surface area contributed by atoms with Crippen LogP contribution >= 0.6 is 0 Å². The van der Waals surface area contributed by atoms with Gasteiger partial charge in [-0.2, -0.15) is 0 Å². The van der Waals surface area contributed by atoms with E-state index in [1.807, 2.05) is 19.1 Å². The second-order valence-corrected chi connectivity index (χ2v) is 4.12. The Labute approximate surface area is 101 Å². The maximum absolute atomic E-state index is 11.6. The van der Waals surface area contributed by atoms with E-state index in [-0.39, 0.29) is 17.9 Å². The van der Waals surface area contributed by atoms with Gasteiger partial charge in [0.25, 0.3) is 0 Å². The van der Waals surface area contributed by atoms with E-state index >= 15 is 0 Å². The summed E-state index contributed by atoms with van der Waals surface area (Å²) in [4.78, 5) is 22.9. The van der Waals surface area contributed by atoms with Crippen LogP contribution in [0.4, 0.5) is 4.79 Å². The molecule has 5 heteroatoms. The lowest BCUT2D eigenvalue weighted by atomic mass is 9.84. The van der Waals surface area contributed by atoms with Gasteiger partial charge in [-0.05, 0) is 19.3 Å². The number of allylic oxidation sites excluding steroid dienone is 1. The zero-order chi connectivity index (χ0) is 12.8. The van der Waals surface area contributed by atoms with E-state index in [9.17, 15) is 9.59 Å². The van der Waals surface area contributed by atoms with E-state index in [0.29, 0.717) is 18.9 Å². The van der Waals surface area contributed by atoms with Crippen molar-refractivity contribution in [1.29, 1.82) is 0 Å². The minimum atomic E-state index is -0.509. The van der Waals surface area contributed by atoms with Gasteiger partial charge in [0.05, 0.1) is 25.7 Å². The van der Waals surface area contributed by atoms with Crippen molar-refractivity contribution in [3.05, 3.63) is 12.2 Å². The molecule has 0 fully saturated rings. The second-order valence-electron chi connectivity index (χ2n) is 4.12. The second kappa shape index (κ2) is 6.27. The van der Waals surface area contributed by atoms with Gasteiger partial charge in [0.1, 0.15) is 0 Å². The van der Waals surface area contributed by atoms with Crippen LogP contribution in [-0.4, -0.2) is 31.8 Å². The van der Waals surface area contributed by atoms with Crippen molar-refractivity contribution in [1.82, 2.24) is 5.32 Å². The lowest BCUT2D eigenvalue weighted by Gasteiger charge is -2.28. The van der Waals surface area contributed by atoms with Crippen LogP contribution in [0.1, 0.15) is 20.3 Å². The Hall–Kier alpha value is -1.52. The number of nitrogens with one attached hydrogen (secondary N) is 1. The van der Waals surface area contributed by atoms with Gasteiger partial charge in [-0.3, -0.25) is 4.79 Å². The lowest BCUT2D eigenvalue weighted by molar-refractivity contribution is -0.146. The molecule has 1 N–H and O–H groups in total. The zero-order valence-electron chi connectivity index (χ0n) is 10.4. The Morgan fingerprint density at radius 1 is 1.41 bits per heavy atom. The van der Waals surface area contributed by atoms with Crippen LogP contribution in [0.15, 0.2) is 12.2 Å². The first kappa shape index (κ1) is 13.5. The Morgan fingerprint density at radius 2 is 2.12 bits per heavy atom. The highest BCUT2D eigenvalue weighted by Gasteiger charge is 2.32. The van der Waals surface area contributed by atoms with Gasteiger partial charge in [0, 0.05) is 0 Å². The number of alkyl carbamates (subject to hydrolysis) is 1. The molecule has 0 aromatic heterocycles. The van der Waals surface area contributed by atoms with Crippen LogP contribution in [0.5, 0.6) is 0 Å². The number of esters is 1. The SMILES string of the molecule is CCOC(=O)NC1C=CC(C)CC1C(=O)OC. The molecule has 0 radical (unpaired) electrons. The third-order valence-electron chi connectivity index (χ3n) is 2.77. The summed E-state index contributed by atoms with van der Waals surface area (Å²) >= 11 is 0. The molecular formula is C12H19NO4. The fourth-order valence-electron chi connectivity index (χ4n) is 1.92. The Morgan fingerprint density at radius 3 is 2.71 bits per heavy atom. The van der Waals surface area contributed by atoms with Crippen molar-refractivity contribution in [3.8, 4) is 0 Å². The summed E-state index contributed by atoms with van der Waals surface area (Å²) in [7, 11) is 1.35. The van der Waals surface area contributed by atoms with Gasteiger partial charge in [-0.15, -0.1) is 0 Å². The monoisotopic (exact) mass is 241 g/mol. The predicted octanol–water partition coefficient (Wildman–Crippen LogP) is 1.49.